The minimum atomic E-state index is -0.336. The molecule has 0 aromatic heterocycles. The Balaban J connectivity index is 1.68. The van der Waals surface area contributed by atoms with Crippen LogP contribution in [0.5, 0.6) is 0 Å². The predicted molar refractivity (Wildman–Crippen MR) is 94.4 cm³/mol. The van der Waals surface area contributed by atoms with Crippen molar-refractivity contribution in [3.05, 3.63) is 24.3 Å². The first-order valence-corrected chi connectivity index (χ1v) is 8.67. The van der Waals surface area contributed by atoms with E-state index in [2.05, 4.69) is 52.9 Å². The van der Waals surface area contributed by atoms with E-state index in [1.165, 1.54) is 11.4 Å². The third kappa shape index (κ3) is 4.16. The van der Waals surface area contributed by atoms with Crippen LogP contribution < -0.4 is 9.80 Å². The van der Waals surface area contributed by atoms with Gasteiger partial charge in [0.2, 0.25) is 0 Å². The molecular weight excluding hydrogens is 290 g/mol. The van der Waals surface area contributed by atoms with Crippen LogP contribution in [0.15, 0.2) is 24.3 Å². The Morgan fingerprint density at radius 3 is 2.57 bits per heavy atom. The van der Waals surface area contributed by atoms with Crippen molar-refractivity contribution in [2.24, 2.45) is 5.92 Å². The smallest absolute Gasteiger partial charge is 0.0841 e. The highest BCUT2D eigenvalue weighted by Crippen LogP contribution is 2.32. The molecule has 0 amide bonds. The Morgan fingerprint density at radius 2 is 1.83 bits per heavy atom. The third-order valence-corrected chi connectivity index (χ3v) is 4.76. The van der Waals surface area contributed by atoms with E-state index in [0.29, 0.717) is 12.5 Å². The zero-order valence-corrected chi connectivity index (χ0v) is 14.3. The largest absolute Gasteiger partial charge is 0.390 e. The first kappa shape index (κ1) is 16.6. The lowest BCUT2D eigenvalue weighted by Crippen LogP contribution is -2.45. The van der Waals surface area contributed by atoms with Gasteiger partial charge < -0.3 is 19.6 Å². The van der Waals surface area contributed by atoms with Crippen LogP contribution in [0.3, 0.4) is 0 Å². The summed E-state index contributed by atoms with van der Waals surface area (Å²) in [4.78, 5) is 6.98. The van der Waals surface area contributed by atoms with Gasteiger partial charge in [-0.05, 0) is 18.1 Å². The molecule has 0 radical (unpaired) electrons. The summed E-state index contributed by atoms with van der Waals surface area (Å²) in [5.74, 6) is 0.572. The highest BCUT2D eigenvalue weighted by atomic mass is 16.5. The molecular formula is C18H29N3O2. The number of hydrogen-bond donors (Lipinski definition) is 1. The van der Waals surface area contributed by atoms with Crippen LogP contribution in [-0.4, -0.2) is 75.6 Å². The highest BCUT2D eigenvalue weighted by Gasteiger charge is 2.24. The van der Waals surface area contributed by atoms with Crippen molar-refractivity contribution in [2.45, 2.75) is 13.0 Å². The molecule has 1 N–H and O–H groups in total. The number of β-amino-alcohol motifs (C(OH)–C–C–N with tert-alkyl or cyclic N) is 1. The Hall–Kier alpha value is -1.30. The SMILES string of the molecule is CC1CN(C)c2ccccc2N(CC(O)CN2CCOCC2)C1. The second-order valence-electron chi connectivity index (χ2n) is 6.95. The van der Waals surface area contributed by atoms with Gasteiger partial charge >= 0.3 is 0 Å². The van der Waals surface area contributed by atoms with E-state index >= 15 is 0 Å². The number of nitrogens with zero attached hydrogens (tertiary/aromatic N) is 3. The topological polar surface area (TPSA) is 39.2 Å². The van der Waals surface area contributed by atoms with Gasteiger partial charge in [-0.1, -0.05) is 19.1 Å². The van der Waals surface area contributed by atoms with Crippen molar-refractivity contribution in [1.29, 1.82) is 0 Å². The molecule has 0 spiro atoms. The lowest BCUT2D eigenvalue weighted by molar-refractivity contribution is 0.0160. The zero-order valence-electron chi connectivity index (χ0n) is 14.3. The number of benzene rings is 1. The van der Waals surface area contributed by atoms with Gasteiger partial charge in [-0.2, -0.15) is 0 Å². The van der Waals surface area contributed by atoms with E-state index in [4.69, 9.17) is 4.74 Å². The second kappa shape index (κ2) is 7.51. The van der Waals surface area contributed by atoms with Crippen LogP contribution in [0.1, 0.15) is 6.92 Å². The van der Waals surface area contributed by atoms with Gasteiger partial charge in [-0.25, -0.2) is 0 Å². The van der Waals surface area contributed by atoms with Gasteiger partial charge in [0, 0.05) is 46.3 Å². The summed E-state index contributed by atoms with van der Waals surface area (Å²) in [6.45, 7) is 9.14. The van der Waals surface area contributed by atoms with E-state index in [0.717, 1.165) is 45.9 Å². The summed E-state index contributed by atoms with van der Waals surface area (Å²) < 4.78 is 5.38. The lowest BCUT2D eigenvalue weighted by Gasteiger charge is -2.32. The molecule has 0 bridgehead atoms. The van der Waals surface area contributed by atoms with Crippen LogP contribution in [0.2, 0.25) is 0 Å². The lowest BCUT2D eigenvalue weighted by atomic mass is 10.1. The number of aliphatic hydroxyl groups is 1. The van der Waals surface area contributed by atoms with Crippen molar-refractivity contribution < 1.29 is 9.84 Å². The second-order valence-corrected chi connectivity index (χ2v) is 6.95. The summed E-state index contributed by atoms with van der Waals surface area (Å²) in [6, 6.07) is 8.53. The van der Waals surface area contributed by atoms with Crippen molar-refractivity contribution in [2.75, 3.05) is 69.3 Å². The Bertz CT molecular complexity index is 505. The number of rotatable bonds is 4. The van der Waals surface area contributed by atoms with E-state index in [-0.39, 0.29) is 6.10 Å². The normalized spacial score (nSPS) is 24.2. The summed E-state index contributed by atoms with van der Waals surface area (Å²) >= 11 is 0. The molecule has 1 aromatic rings. The predicted octanol–water partition coefficient (Wildman–Crippen LogP) is 1.27. The molecule has 23 heavy (non-hydrogen) atoms. The van der Waals surface area contributed by atoms with Crippen LogP contribution in [0.25, 0.3) is 0 Å². The Kier molecular flexibility index (Phi) is 5.41. The fraction of sp³-hybridized carbons (Fsp3) is 0.667. The zero-order chi connectivity index (χ0) is 16.2. The Morgan fingerprint density at radius 1 is 1.13 bits per heavy atom. The van der Waals surface area contributed by atoms with Crippen LogP contribution in [0.4, 0.5) is 11.4 Å². The number of aliphatic hydroxyl groups excluding tert-OH is 1. The maximum atomic E-state index is 10.6. The number of morpholine rings is 1. The molecule has 2 aliphatic heterocycles. The van der Waals surface area contributed by atoms with Crippen molar-refractivity contribution in [1.82, 2.24) is 4.90 Å². The standard InChI is InChI=1S/C18H29N3O2/c1-15-11-19(2)17-5-3-4-6-18(17)21(12-15)14-16(22)13-20-7-9-23-10-8-20/h3-6,15-16,22H,7-14H2,1-2H3. The average molecular weight is 319 g/mol. The maximum absolute atomic E-state index is 10.6. The summed E-state index contributed by atoms with van der Waals surface area (Å²) in [6.07, 6.45) is -0.336. The quantitative estimate of drug-likeness (QED) is 0.905. The molecule has 2 atom stereocenters. The fourth-order valence-corrected chi connectivity index (χ4v) is 3.72. The van der Waals surface area contributed by atoms with Gasteiger partial charge in [0.1, 0.15) is 0 Å². The van der Waals surface area contributed by atoms with Crippen LogP contribution in [-0.2, 0) is 4.74 Å². The van der Waals surface area contributed by atoms with Gasteiger partial charge in [0.05, 0.1) is 30.7 Å². The minimum absolute atomic E-state index is 0.336. The van der Waals surface area contributed by atoms with Crippen LogP contribution >= 0.6 is 0 Å². The number of para-hydroxylation sites is 2. The van der Waals surface area contributed by atoms with Crippen molar-refractivity contribution >= 4 is 11.4 Å². The molecule has 0 saturated carbocycles. The number of fused-ring (bicyclic) bond motifs is 1. The third-order valence-electron chi connectivity index (χ3n) is 4.76. The first-order valence-electron chi connectivity index (χ1n) is 8.67. The number of ether oxygens (including phenoxy) is 1. The summed E-state index contributed by atoms with van der Waals surface area (Å²) in [5.41, 5.74) is 2.50. The van der Waals surface area contributed by atoms with Crippen molar-refractivity contribution in [3.8, 4) is 0 Å². The highest BCUT2D eigenvalue weighted by molar-refractivity contribution is 5.72. The number of hydrogen-bond acceptors (Lipinski definition) is 5. The van der Waals surface area contributed by atoms with E-state index < -0.39 is 0 Å². The average Bonchev–Trinajstić information content (AvgIpc) is 2.65. The van der Waals surface area contributed by atoms with Gasteiger partial charge in [-0.3, -0.25) is 4.90 Å². The molecule has 2 heterocycles. The van der Waals surface area contributed by atoms with Gasteiger partial charge in [0.25, 0.3) is 0 Å². The molecule has 3 rings (SSSR count). The van der Waals surface area contributed by atoms with E-state index in [9.17, 15) is 5.11 Å². The maximum Gasteiger partial charge on any atom is 0.0841 e. The molecule has 5 nitrogen and oxygen atoms in total. The van der Waals surface area contributed by atoms with E-state index in [1.807, 2.05) is 0 Å². The van der Waals surface area contributed by atoms with Gasteiger partial charge in [-0.15, -0.1) is 0 Å². The molecule has 1 saturated heterocycles. The first-order chi connectivity index (χ1) is 11.1. The fourth-order valence-electron chi connectivity index (χ4n) is 3.72. The van der Waals surface area contributed by atoms with Crippen molar-refractivity contribution in [3.63, 3.8) is 0 Å². The van der Waals surface area contributed by atoms with E-state index in [1.54, 1.807) is 0 Å². The number of anilines is 2. The summed E-state index contributed by atoms with van der Waals surface area (Å²) in [5, 5.41) is 10.6. The molecule has 5 heteroatoms. The minimum Gasteiger partial charge on any atom is -0.390 e. The molecule has 1 fully saturated rings. The monoisotopic (exact) mass is 319 g/mol. The Labute approximate surface area is 139 Å². The molecule has 1 aromatic carbocycles. The molecule has 2 unspecified atom stereocenters. The van der Waals surface area contributed by atoms with Gasteiger partial charge in [0.15, 0.2) is 0 Å². The molecule has 128 valence electrons. The van der Waals surface area contributed by atoms with Crippen LogP contribution in [0, 0.1) is 5.92 Å². The molecule has 0 aliphatic carbocycles. The molecule has 2 aliphatic rings. The summed E-state index contributed by atoms with van der Waals surface area (Å²) in [7, 11) is 2.16.